The second-order valence-electron chi connectivity index (χ2n) is 5.04. The Morgan fingerprint density at radius 2 is 1.62 bits per heavy atom. The third-order valence-corrected chi connectivity index (χ3v) is 3.07. The maximum Gasteiger partial charge on any atom is -0.00614 e. The van der Waals surface area contributed by atoms with Crippen LogP contribution in [0.15, 0.2) is 30.3 Å². The lowest BCUT2D eigenvalue weighted by molar-refractivity contribution is 0.840. The van der Waals surface area contributed by atoms with E-state index in [1.165, 1.54) is 21.9 Å². The van der Waals surface area contributed by atoms with Crippen LogP contribution in [0.3, 0.4) is 0 Å². The lowest BCUT2D eigenvalue weighted by Gasteiger charge is -2.14. The Hall–Kier alpha value is -1.30. The Bertz CT molecular complexity index is 492. The fourth-order valence-electron chi connectivity index (χ4n) is 2.07. The maximum atomic E-state index is 3.52. The van der Waals surface area contributed by atoms with Crippen LogP contribution < -0.4 is 0 Å². The first-order chi connectivity index (χ1) is 7.59. The SMILES string of the molecule is CC(C)c1[c]c2ccccc2c(C(C)C)c1. The first kappa shape index (κ1) is 11.2. The van der Waals surface area contributed by atoms with Gasteiger partial charge in [-0.1, -0.05) is 58.0 Å². The summed E-state index contributed by atoms with van der Waals surface area (Å²) in [5.41, 5.74) is 2.76. The minimum Gasteiger partial charge on any atom is -0.0616 e. The van der Waals surface area contributed by atoms with E-state index in [0.29, 0.717) is 11.8 Å². The molecule has 0 heteroatoms. The summed E-state index contributed by atoms with van der Waals surface area (Å²) in [6, 6.07) is 14.4. The van der Waals surface area contributed by atoms with E-state index in [1.54, 1.807) is 0 Å². The van der Waals surface area contributed by atoms with Crippen molar-refractivity contribution in [2.75, 3.05) is 0 Å². The molecule has 0 unspecified atom stereocenters. The van der Waals surface area contributed by atoms with Gasteiger partial charge < -0.3 is 0 Å². The summed E-state index contributed by atoms with van der Waals surface area (Å²) in [5.74, 6) is 1.11. The van der Waals surface area contributed by atoms with Gasteiger partial charge in [0.15, 0.2) is 0 Å². The molecule has 0 aromatic heterocycles. The van der Waals surface area contributed by atoms with E-state index in [0.717, 1.165) is 0 Å². The van der Waals surface area contributed by atoms with Crippen molar-refractivity contribution >= 4 is 10.8 Å². The topological polar surface area (TPSA) is 0 Å². The molecule has 0 N–H and O–H groups in total. The number of hydrogen-bond acceptors (Lipinski definition) is 0. The molecule has 0 atom stereocenters. The Labute approximate surface area is 98.3 Å². The molecule has 0 nitrogen and oxygen atoms in total. The molecule has 0 spiro atoms. The van der Waals surface area contributed by atoms with Gasteiger partial charge in [-0.05, 0) is 39.8 Å². The summed E-state index contributed by atoms with van der Waals surface area (Å²) in [5, 5.41) is 2.60. The molecule has 2 aromatic carbocycles. The largest absolute Gasteiger partial charge is 0.0616 e. The molecule has 0 saturated carbocycles. The second-order valence-corrected chi connectivity index (χ2v) is 5.04. The van der Waals surface area contributed by atoms with E-state index in [1.807, 2.05) is 0 Å². The highest BCUT2D eigenvalue weighted by Crippen LogP contribution is 2.29. The summed E-state index contributed by atoms with van der Waals surface area (Å²) in [7, 11) is 0. The van der Waals surface area contributed by atoms with Crippen molar-refractivity contribution in [3.8, 4) is 0 Å². The van der Waals surface area contributed by atoms with E-state index in [-0.39, 0.29) is 0 Å². The first-order valence-corrected chi connectivity index (χ1v) is 6.04. The summed E-state index contributed by atoms with van der Waals surface area (Å²) >= 11 is 0. The molecule has 0 amide bonds. The van der Waals surface area contributed by atoms with Crippen LogP contribution in [-0.2, 0) is 0 Å². The van der Waals surface area contributed by atoms with Crippen LogP contribution in [0.4, 0.5) is 0 Å². The van der Waals surface area contributed by atoms with Crippen LogP contribution in [0.2, 0.25) is 0 Å². The fraction of sp³-hybridized carbons (Fsp3) is 0.375. The smallest absolute Gasteiger partial charge is 0.00614 e. The van der Waals surface area contributed by atoms with E-state index >= 15 is 0 Å². The predicted molar refractivity (Wildman–Crippen MR) is 71.0 cm³/mol. The second kappa shape index (κ2) is 4.29. The first-order valence-electron chi connectivity index (χ1n) is 6.04. The van der Waals surface area contributed by atoms with Gasteiger partial charge in [0.1, 0.15) is 0 Å². The molecule has 0 heterocycles. The lowest BCUT2D eigenvalue weighted by atomic mass is 9.90. The minimum atomic E-state index is 0.544. The minimum absolute atomic E-state index is 0.544. The van der Waals surface area contributed by atoms with Gasteiger partial charge in [-0.3, -0.25) is 0 Å². The van der Waals surface area contributed by atoms with Crippen molar-refractivity contribution in [1.29, 1.82) is 0 Å². The van der Waals surface area contributed by atoms with E-state index in [4.69, 9.17) is 0 Å². The van der Waals surface area contributed by atoms with Crippen LogP contribution in [-0.4, -0.2) is 0 Å². The zero-order chi connectivity index (χ0) is 11.7. The lowest BCUT2D eigenvalue weighted by Crippen LogP contribution is -1.95. The van der Waals surface area contributed by atoms with Crippen LogP contribution in [0.25, 0.3) is 10.8 Å². The number of hydrogen-bond donors (Lipinski definition) is 0. The number of rotatable bonds is 2. The van der Waals surface area contributed by atoms with Crippen molar-refractivity contribution in [3.63, 3.8) is 0 Å². The third-order valence-electron chi connectivity index (χ3n) is 3.07. The predicted octanol–water partition coefficient (Wildman–Crippen LogP) is 4.89. The molecule has 0 fully saturated rings. The molecule has 83 valence electrons. The molecular formula is C16H19. The summed E-state index contributed by atoms with van der Waals surface area (Å²) in [4.78, 5) is 0. The normalized spacial score (nSPS) is 11.6. The van der Waals surface area contributed by atoms with Crippen molar-refractivity contribution in [2.45, 2.75) is 39.5 Å². The average Bonchev–Trinajstić information content (AvgIpc) is 2.27. The Balaban J connectivity index is 2.74. The van der Waals surface area contributed by atoms with Crippen LogP contribution in [0.5, 0.6) is 0 Å². The van der Waals surface area contributed by atoms with Gasteiger partial charge in [-0.25, -0.2) is 0 Å². The van der Waals surface area contributed by atoms with Gasteiger partial charge in [-0.2, -0.15) is 0 Å². The highest BCUT2D eigenvalue weighted by atomic mass is 14.1. The van der Waals surface area contributed by atoms with Crippen molar-refractivity contribution < 1.29 is 0 Å². The Morgan fingerprint density at radius 3 is 2.25 bits per heavy atom. The van der Waals surface area contributed by atoms with E-state index in [9.17, 15) is 0 Å². The molecule has 2 rings (SSSR count). The molecule has 16 heavy (non-hydrogen) atoms. The van der Waals surface area contributed by atoms with Crippen LogP contribution in [0, 0.1) is 6.07 Å². The molecule has 0 saturated heterocycles. The highest BCUT2D eigenvalue weighted by molar-refractivity contribution is 5.86. The van der Waals surface area contributed by atoms with Gasteiger partial charge in [0.2, 0.25) is 0 Å². The van der Waals surface area contributed by atoms with Crippen LogP contribution in [0.1, 0.15) is 50.7 Å². The third kappa shape index (κ3) is 1.97. The van der Waals surface area contributed by atoms with Gasteiger partial charge >= 0.3 is 0 Å². The standard InChI is InChI=1S/C16H19/c1-11(2)14-9-13-7-5-6-8-15(13)16(10-14)12(3)4/h5-8,10-12H,1-4H3. The van der Waals surface area contributed by atoms with Crippen molar-refractivity contribution in [1.82, 2.24) is 0 Å². The summed E-state index contributed by atoms with van der Waals surface area (Å²) in [6.07, 6.45) is 0. The summed E-state index contributed by atoms with van der Waals surface area (Å²) < 4.78 is 0. The number of fused-ring (bicyclic) bond motifs is 1. The van der Waals surface area contributed by atoms with E-state index < -0.39 is 0 Å². The molecule has 2 aromatic rings. The van der Waals surface area contributed by atoms with Crippen LogP contribution >= 0.6 is 0 Å². The molecule has 0 aliphatic carbocycles. The molecule has 1 radical (unpaired) electrons. The maximum absolute atomic E-state index is 3.52. The molecule has 0 aliphatic heterocycles. The van der Waals surface area contributed by atoms with Gasteiger partial charge in [0.25, 0.3) is 0 Å². The monoisotopic (exact) mass is 211 g/mol. The average molecular weight is 211 g/mol. The molecular weight excluding hydrogens is 192 g/mol. The fourth-order valence-corrected chi connectivity index (χ4v) is 2.07. The molecule has 0 aliphatic rings. The van der Waals surface area contributed by atoms with Crippen molar-refractivity contribution in [2.24, 2.45) is 0 Å². The van der Waals surface area contributed by atoms with E-state index in [2.05, 4.69) is 64.1 Å². The number of benzene rings is 2. The van der Waals surface area contributed by atoms with Gasteiger partial charge in [0, 0.05) is 0 Å². The van der Waals surface area contributed by atoms with Crippen molar-refractivity contribution in [3.05, 3.63) is 47.5 Å². The molecule has 0 bridgehead atoms. The summed E-state index contributed by atoms with van der Waals surface area (Å²) in [6.45, 7) is 8.97. The Morgan fingerprint density at radius 1 is 0.938 bits per heavy atom. The van der Waals surface area contributed by atoms with Gasteiger partial charge in [0.05, 0.1) is 0 Å². The zero-order valence-electron chi connectivity index (χ0n) is 10.5. The highest BCUT2D eigenvalue weighted by Gasteiger charge is 2.09. The Kier molecular flexibility index (Phi) is 3.00. The van der Waals surface area contributed by atoms with Gasteiger partial charge in [-0.15, -0.1) is 0 Å². The zero-order valence-corrected chi connectivity index (χ0v) is 10.5. The quantitative estimate of drug-likeness (QED) is 0.663.